The van der Waals surface area contributed by atoms with Crippen molar-refractivity contribution in [2.75, 3.05) is 20.3 Å². The van der Waals surface area contributed by atoms with Crippen LogP contribution in [0, 0.1) is 5.82 Å². The van der Waals surface area contributed by atoms with Gasteiger partial charge in [0.15, 0.2) is 0 Å². The van der Waals surface area contributed by atoms with Crippen LogP contribution in [0.4, 0.5) is 4.39 Å². The van der Waals surface area contributed by atoms with Crippen molar-refractivity contribution >= 4 is 17.5 Å². The van der Waals surface area contributed by atoms with Gasteiger partial charge in [0.1, 0.15) is 23.9 Å². The van der Waals surface area contributed by atoms with Gasteiger partial charge in [-0.2, -0.15) is 0 Å². The number of hydrogen-bond donors (Lipinski definition) is 1. The molecule has 2 aromatic rings. The first-order chi connectivity index (χ1) is 10.6. The number of ether oxygens (including phenoxy) is 2. The third-order valence-electron chi connectivity index (χ3n) is 2.89. The third-order valence-corrected chi connectivity index (χ3v) is 3.13. The fourth-order valence-electron chi connectivity index (χ4n) is 1.77. The Bertz CT molecular complexity index is 646. The first-order valence-electron chi connectivity index (χ1n) is 6.60. The molecule has 22 heavy (non-hydrogen) atoms. The van der Waals surface area contributed by atoms with Crippen molar-refractivity contribution in [3.05, 3.63) is 58.9 Å². The molecule has 6 heteroatoms. The van der Waals surface area contributed by atoms with Gasteiger partial charge in [-0.25, -0.2) is 4.39 Å². The summed E-state index contributed by atoms with van der Waals surface area (Å²) in [6.45, 7) is 0.528. The molecule has 0 aromatic heterocycles. The van der Waals surface area contributed by atoms with E-state index in [1.165, 1.54) is 12.1 Å². The Hall–Kier alpha value is -2.27. The predicted molar refractivity (Wildman–Crippen MR) is 82.2 cm³/mol. The van der Waals surface area contributed by atoms with Crippen molar-refractivity contribution in [1.82, 2.24) is 5.32 Å². The van der Waals surface area contributed by atoms with Crippen LogP contribution in [0.15, 0.2) is 42.5 Å². The van der Waals surface area contributed by atoms with Gasteiger partial charge in [-0.05, 0) is 42.5 Å². The summed E-state index contributed by atoms with van der Waals surface area (Å²) in [5.41, 5.74) is -0.0474. The number of nitrogens with one attached hydrogen (secondary N) is 1. The third kappa shape index (κ3) is 4.36. The Morgan fingerprint density at radius 1 is 1.18 bits per heavy atom. The fourth-order valence-corrected chi connectivity index (χ4v) is 1.93. The fraction of sp³-hybridized carbons (Fsp3) is 0.188. The van der Waals surface area contributed by atoms with E-state index in [1.807, 2.05) is 0 Å². The Morgan fingerprint density at radius 3 is 2.50 bits per heavy atom. The average molecular weight is 324 g/mol. The van der Waals surface area contributed by atoms with Crippen LogP contribution < -0.4 is 14.8 Å². The van der Waals surface area contributed by atoms with E-state index in [9.17, 15) is 9.18 Å². The van der Waals surface area contributed by atoms with Gasteiger partial charge < -0.3 is 14.8 Å². The van der Waals surface area contributed by atoms with Gasteiger partial charge in [0, 0.05) is 5.02 Å². The van der Waals surface area contributed by atoms with E-state index in [2.05, 4.69) is 5.32 Å². The first kappa shape index (κ1) is 16.1. The average Bonchev–Trinajstić information content (AvgIpc) is 2.52. The summed E-state index contributed by atoms with van der Waals surface area (Å²) in [5.74, 6) is 0.236. The predicted octanol–water partition coefficient (Wildman–Crippen LogP) is 3.30. The zero-order chi connectivity index (χ0) is 15.9. The maximum atomic E-state index is 13.6. The van der Waals surface area contributed by atoms with E-state index < -0.39 is 11.7 Å². The van der Waals surface area contributed by atoms with Crippen molar-refractivity contribution in [3.63, 3.8) is 0 Å². The van der Waals surface area contributed by atoms with E-state index in [4.69, 9.17) is 21.1 Å². The largest absolute Gasteiger partial charge is 0.497 e. The molecule has 0 aliphatic carbocycles. The maximum Gasteiger partial charge on any atom is 0.254 e. The van der Waals surface area contributed by atoms with Gasteiger partial charge in [-0.3, -0.25) is 4.79 Å². The molecule has 0 atom stereocenters. The van der Waals surface area contributed by atoms with E-state index in [-0.39, 0.29) is 23.7 Å². The molecular weight excluding hydrogens is 309 g/mol. The molecule has 0 spiro atoms. The Balaban J connectivity index is 1.79. The quantitative estimate of drug-likeness (QED) is 0.830. The van der Waals surface area contributed by atoms with Crippen LogP contribution >= 0.6 is 11.6 Å². The zero-order valence-corrected chi connectivity index (χ0v) is 12.7. The molecule has 0 aliphatic rings. The second kappa shape index (κ2) is 7.66. The maximum absolute atomic E-state index is 13.6. The molecule has 4 nitrogen and oxygen atoms in total. The summed E-state index contributed by atoms with van der Waals surface area (Å²) in [6.07, 6.45) is 0. The minimum atomic E-state index is -0.652. The van der Waals surface area contributed by atoms with Gasteiger partial charge in [0.25, 0.3) is 5.91 Å². The number of benzene rings is 2. The van der Waals surface area contributed by atoms with Gasteiger partial charge >= 0.3 is 0 Å². The van der Waals surface area contributed by atoms with Crippen LogP contribution in [0.5, 0.6) is 11.5 Å². The normalized spacial score (nSPS) is 10.1. The molecular formula is C16H15ClFNO3. The summed E-state index contributed by atoms with van der Waals surface area (Å²) in [5, 5.41) is 2.83. The SMILES string of the molecule is COc1ccc(OCCNC(=O)c2ccc(Cl)cc2F)cc1. The van der Waals surface area contributed by atoms with E-state index in [0.29, 0.717) is 5.75 Å². The van der Waals surface area contributed by atoms with Crippen LogP contribution in [0.1, 0.15) is 10.4 Å². The molecule has 0 unspecified atom stereocenters. The summed E-state index contributed by atoms with van der Waals surface area (Å²) in [6, 6.07) is 11.0. The molecule has 0 fully saturated rings. The lowest BCUT2D eigenvalue weighted by Gasteiger charge is -2.09. The van der Waals surface area contributed by atoms with Crippen molar-refractivity contribution < 1.29 is 18.7 Å². The summed E-state index contributed by atoms with van der Waals surface area (Å²) in [7, 11) is 1.58. The van der Waals surface area contributed by atoms with Gasteiger partial charge in [0.05, 0.1) is 19.2 Å². The molecule has 1 N–H and O–H groups in total. The minimum Gasteiger partial charge on any atom is -0.497 e. The molecule has 1 amide bonds. The highest BCUT2D eigenvalue weighted by atomic mass is 35.5. The lowest BCUT2D eigenvalue weighted by Crippen LogP contribution is -2.28. The van der Waals surface area contributed by atoms with Crippen LogP contribution in [-0.4, -0.2) is 26.2 Å². The number of methoxy groups -OCH3 is 1. The molecule has 2 rings (SSSR count). The highest BCUT2D eigenvalue weighted by Crippen LogP contribution is 2.17. The standard InChI is InChI=1S/C16H15ClFNO3/c1-21-12-3-5-13(6-4-12)22-9-8-19-16(20)14-7-2-11(17)10-15(14)18/h2-7,10H,8-9H2,1H3,(H,19,20). The number of halogens is 2. The molecule has 0 aliphatic heterocycles. The number of carbonyl (C=O) groups excluding carboxylic acids is 1. The summed E-state index contributed by atoms with van der Waals surface area (Å²) in [4.78, 5) is 11.8. The van der Waals surface area contributed by atoms with Crippen LogP contribution in [0.2, 0.25) is 5.02 Å². The Labute approximate surface area is 132 Å². The van der Waals surface area contributed by atoms with Crippen LogP contribution in [0.3, 0.4) is 0 Å². The smallest absolute Gasteiger partial charge is 0.254 e. The van der Waals surface area contributed by atoms with Crippen molar-refractivity contribution in [2.45, 2.75) is 0 Å². The number of amides is 1. The zero-order valence-electron chi connectivity index (χ0n) is 11.9. The minimum absolute atomic E-state index is 0.0474. The second-order valence-electron chi connectivity index (χ2n) is 4.40. The number of carbonyl (C=O) groups is 1. The molecule has 116 valence electrons. The molecule has 2 aromatic carbocycles. The van der Waals surface area contributed by atoms with Crippen molar-refractivity contribution in [3.8, 4) is 11.5 Å². The van der Waals surface area contributed by atoms with E-state index in [0.717, 1.165) is 11.8 Å². The number of rotatable bonds is 6. The van der Waals surface area contributed by atoms with Gasteiger partial charge in [-0.1, -0.05) is 11.6 Å². The van der Waals surface area contributed by atoms with E-state index in [1.54, 1.807) is 31.4 Å². The molecule has 0 saturated heterocycles. The highest BCUT2D eigenvalue weighted by molar-refractivity contribution is 6.30. The first-order valence-corrected chi connectivity index (χ1v) is 6.98. The summed E-state index contributed by atoms with van der Waals surface area (Å²) >= 11 is 5.64. The lowest BCUT2D eigenvalue weighted by atomic mass is 10.2. The highest BCUT2D eigenvalue weighted by Gasteiger charge is 2.11. The topological polar surface area (TPSA) is 47.6 Å². The molecule has 0 heterocycles. The summed E-state index contributed by atoms with van der Waals surface area (Å²) < 4.78 is 24.1. The molecule has 0 bridgehead atoms. The van der Waals surface area contributed by atoms with Crippen LogP contribution in [-0.2, 0) is 0 Å². The number of hydrogen-bond acceptors (Lipinski definition) is 3. The Kier molecular flexibility index (Phi) is 5.61. The Morgan fingerprint density at radius 2 is 1.86 bits per heavy atom. The molecule has 0 radical (unpaired) electrons. The van der Waals surface area contributed by atoms with Crippen LogP contribution in [0.25, 0.3) is 0 Å². The van der Waals surface area contributed by atoms with Crippen molar-refractivity contribution in [1.29, 1.82) is 0 Å². The lowest BCUT2D eigenvalue weighted by molar-refractivity contribution is 0.0943. The van der Waals surface area contributed by atoms with Gasteiger partial charge in [-0.15, -0.1) is 0 Å². The molecule has 0 saturated carbocycles. The van der Waals surface area contributed by atoms with Gasteiger partial charge in [0.2, 0.25) is 0 Å². The monoisotopic (exact) mass is 323 g/mol. The second-order valence-corrected chi connectivity index (χ2v) is 4.84. The van der Waals surface area contributed by atoms with Crippen molar-refractivity contribution in [2.24, 2.45) is 0 Å². The van der Waals surface area contributed by atoms with E-state index >= 15 is 0 Å².